The molecule has 0 fully saturated rings. The molecular formula is C15H18N2O2. The van der Waals surface area contributed by atoms with E-state index in [1.807, 2.05) is 43.3 Å². The lowest BCUT2D eigenvalue weighted by molar-refractivity contribution is -0.125. The summed E-state index contributed by atoms with van der Waals surface area (Å²) in [6.45, 7) is 2.30. The SMILES string of the molecule is CC(C(=O)NCc1ccoc1)C(N)c1ccccc1. The van der Waals surface area contributed by atoms with E-state index in [1.54, 1.807) is 12.5 Å². The van der Waals surface area contributed by atoms with Crippen LogP contribution in [-0.4, -0.2) is 5.91 Å². The number of amides is 1. The molecule has 0 saturated heterocycles. The molecule has 2 rings (SSSR count). The highest BCUT2D eigenvalue weighted by Crippen LogP contribution is 2.19. The van der Waals surface area contributed by atoms with Crippen molar-refractivity contribution in [3.8, 4) is 0 Å². The van der Waals surface area contributed by atoms with E-state index in [4.69, 9.17) is 10.2 Å². The lowest BCUT2D eigenvalue weighted by atomic mass is 9.94. The first-order chi connectivity index (χ1) is 9.18. The molecule has 1 heterocycles. The maximum absolute atomic E-state index is 12.0. The van der Waals surface area contributed by atoms with Crippen LogP contribution in [0, 0.1) is 5.92 Å². The molecule has 19 heavy (non-hydrogen) atoms. The monoisotopic (exact) mass is 258 g/mol. The maximum Gasteiger partial charge on any atom is 0.225 e. The average Bonchev–Trinajstić information content (AvgIpc) is 2.97. The molecule has 0 spiro atoms. The summed E-state index contributed by atoms with van der Waals surface area (Å²) in [4.78, 5) is 12.0. The lowest BCUT2D eigenvalue weighted by Crippen LogP contribution is -2.35. The van der Waals surface area contributed by atoms with Crippen LogP contribution in [0.5, 0.6) is 0 Å². The van der Waals surface area contributed by atoms with E-state index in [9.17, 15) is 4.79 Å². The zero-order valence-electron chi connectivity index (χ0n) is 10.9. The van der Waals surface area contributed by atoms with Crippen molar-refractivity contribution in [1.82, 2.24) is 5.32 Å². The van der Waals surface area contributed by atoms with Crippen molar-refractivity contribution in [1.29, 1.82) is 0 Å². The van der Waals surface area contributed by atoms with Gasteiger partial charge in [0.2, 0.25) is 5.91 Å². The van der Waals surface area contributed by atoms with E-state index >= 15 is 0 Å². The summed E-state index contributed by atoms with van der Waals surface area (Å²) < 4.78 is 4.95. The van der Waals surface area contributed by atoms with Gasteiger partial charge in [0.1, 0.15) is 0 Å². The van der Waals surface area contributed by atoms with Gasteiger partial charge in [-0.1, -0.05) is 37.3 Å². The Balaban J connectivity index is 1.91. The molecule has 4 heteroatoms. The van der Waals surface area contributed by atoms with Crippen LogP contribution in [0.25, 0.3) is 0 Å². The van der Waals surface area contributed by atoms with Crippen LogP contribution in [0.1, 0.15) is 24.1 Å². The number of carbonyl (C=O) groups excluding carboxylic acids is 1. The summed E-state index contributed by atoms with van der Waals surface area (Å²) in [6.07, 6.45) is 3.20. The minimum Gasteiger partial charge on any atom is -0.472 e. The van der Waals surface area contributed by atoms with Crippen molar-refractivity contribution >= 4 is 5.91 Å². The molecule has 0 aliphatic rings. The van der Waals surface area contributed by atoms with Crippen molar-refractivity contribution in [2.45, 2.75) is 19.5 Å². The summed E-state index contributed by atoms with van der Waals surface area (Å²) >= 11 is 0. The topological polar surface area (TPSA) is 68.3 Å². The largest absolute Gasteiger partial charge is 0.472 e. The van der Waals surface area contributed by atoms with Crippen LogP contribution >= 0.6 is 0 Å². The number of carbonyl (C=O) groups is 1. The van der Waals surface area contributed by atoms with Gasteiger partial charge in [0.15, 0.2) is 0 Å². The molecule has 2 atom stereocenters. The molecule has 100 valence electrons. The van der Waals surface area contributed by atoms with E-state index in [0.29, 0.717) is 6.54 Å². The number of furan rings is 1. The van der Waals surface area contributed by atoms with Crippen LogP contribution in [-0.2, 0) is 11.3 Å². The van der Waals surface area contributed by atoms with Crippen LogP contribution in [0.15, 0.2) is 53.3 Å². The molecule has 1 aromatic carbocycles. The Morgan fingerprint density at radius 1 is 1.32 bits per heavy atom. The Hall–Kier alpha value is -2.07. The number of rotatable bonds is 5. The molecule has 2 unspecified atom stereocenters. The molecular weight excluding hydrogens is 240 g/mol. The van der Waals surface area contributed by atoms with Crippen LogP contribution in [0.4, 0.5) is 0 Å². The number of hydrogen-bond donors (Lipinski definition) is 2. The first-order valence-corrected chi connectivity index (χ1v) is 6.28. The summed E-state index contributed by atoms with van der Waals surface area (Å²) in [6, 6.07) is 11.2. The molecule has 3 N–H and O–H groups in total. The molecule has 0 aliphatic carbocycles. The zero-order valence-corrected chi connectivity index (χ0v) is 10.9. The first-order valence-electron chi connectivity index (χ1n) is 6.28. The molecule has 0 bridgehead atoms. The highest BCUT2D eigenvalue weighted by atomic mass is 16.3. The summed E-state index contributed by atoms with van der Waals surface area (Å²) in [7, 11) is 0. The Morgan fingerprint density at radius 3 is 2.68 bits per heavy atom. The molecule has 0 radical (unpaired) electrons. The third-order valence-corrected chi connectivity index (χ3v) is 3.18. The summed E-state index contributed by atoms with van der Waals surface area (Å²) in [5, 5.41) is 2.86. The molecule has 1 aromatic heterocycles. The van der Waals surface area contributed by atoms with E-state index in [-0.39, 0.29) is 17.9 Å². The average molecular weight is 258 g/mol. The Labute approximate surface area is 112 Å². The maximum atomic E-state index is 12.0. The van der Waals surface area contributed by atoms with Crippen molar-refractivity contribution < 1.29 is 9.21 Å². The van der Waals surface area contributed by atoms with E-state index in [0.717, 1.165) is 11.1 Å². The molecule has 1 amide bonds. The van der Waals surface area contributed by atoms with E-state index in [2.05, 4.69) is 5.32 Å². The fourth-order valence-corrected chi connectivity index (χ4v) is 1.87. The third-order valence-electron chi connectivity index (χ3n) is 3.18. The second-order valence-electron chi connectivity index (χ2n) is 4.57. The third kappa shape index (κ3) is 3.45. The number of hydrogen-bond acceptors (Lipinski definition) is 3. The van der Waals surface area contributed by atoms with Gasteiger partial charge in [-0.05, 0) is 11.6 Å². The predicted octanol–water partition coefficient (Wildman–Crippen LogP) is 2.23. The van der Waals surface area contributed by atoms with Crippen molar-refractivity contribution in [3.05, 3.63) is 60.1 Å². The minimum atomic E-state index is -0.300. The van der Waals surface area contributed by atoms with Crippen LogP contribution in [0.3, 0.4) is 0 Å². The quantitative estimate of drug-likeness (QED) is 0.864. The number of nitrogens with two attached hydrogens (primary N) is 1. The fraction of sp³-hybridized carbons (Fsp3) is 0.267. The normalized spacial score (nSPS) is 13.8. The van der Waals surface area contributed by atoms with Crippen molar-refractivity contribution in [3.63, 3.8) is 0 Å². The van der Waals surface area contributed by atoms with Gasteiger partial charge < -0.3 is 15.5 Å². The van der Waals surface area contributed by atoms with E-state index in [1.165, 1.54) is 0 Å². The Kier molecular flexibility index (Phi) is 4.36. The first kappa shape index (κ1) is 13.4. The van der Waals surface area contributed by atoms with E-state index < -0.39 is 0 Å². The highest BCUT2D eigenvalue weighted by Gasteiger charge is 2.21. The molecule has 0 aliphatic heterocycles. The van der Waals surface area contributed by atoms with Gasteiger partial charge in [-0.25, -0.2) is 0 Å². The van der Waals surface area contributed by atoms with Gasteiger partial charge in [0.05, 0.1) is 18.4 Å². The van der Waals surface area contributed by atoms with Crippen LogP contribution in [0.2, 0.25) is 0 Å². The van der Waals surface area contributed by atoms with Crippen molar-refractivity contribution in [2.75, 3.05) is 0 Å². The molecule has 2 aromatic rings. The van der Waals surface area contributed by atoms with Crippen molar-refractivity contribution in [2.24, 2.45) is 11.7 Å². The van der Waals surface area contributed by atoms with Gasteiger partial charge in [-0.2, -0.15) is 0 Å². The van der Waals surface area contributed by atoms with Gasteiger partial charge in [-0.3, -0.25) is 4.79 Å². The predicted molar refractivity (Wildman–Crippen MR) is 73.1 cm³/mol. The van der Waals surface area contributed by atoms with Gasteiger partial charge in [0.25, 0.3) is 0 Å². The fourth-order valence-electron chi connectivity index (χ4n) is 1.87. The minimum absolute atomic E-state index is 0.0578. The van der Waals surface area contributed by atoms with Gasteiger partial charge >= 0.3 is 0 Å². The van der Waals surface area contributed by atoms with Gasteiger partial charge in [0, 0.05) is 18.2 Å². The van der Waals surface area contributed by atoms with Crippen LogP contribution < -0.4 is 11.1 Å². The van der Waals surface area contributed by atoms with Gasteiger partial charge in [-0.15, -0.1) is 0 Å². The molecule has 4 nitrogen and oxygen atoms in total. The summed E-state index contributed by atoms with van der Waals surface area (Å²) in [5.74, 6) is -0.341. The smallest absolute Gasteiger partial charge is 0.225 e. The number of nitrogens with one attached hydrogen (secondary N) is 1. The standard InChI is InChI=1S/C15H18N2O2/c1-11(14(16)13-5-3-2-4-6-13)15(18)17-9-12-7-8-19-10-12/h2-8,10-11,14H,9,16H2,1H3,(H,17,18). The number of benzene rings is 1. The zero-order chi connectivity index (χ0) is 13.7. The Bertz CT molecular complexity index is 508. The second kappa shape index (κ2) is 6.20. The Morgan fingerprint density at radius 2 is 2.05 bits per heavy atom. The lowest BCUT2D eigenvalue weighted by Gasteiger charge is -2.19. The highest BCUT2D eigenvalue weighted by molar-refractivity contribution is 5.79. The summed E-state index contributed by atoms with van der Waals surface area (Å²) in [5.41, 5.74) is 8.01. The molecule has 0 saturated carbocycles. The second-order valence-corrected chi connectivity index (χ2v) is 4.57.